The molecule has 2 aliphatic carbocycles. The number of halogens is 2. The number of aromatic nitrogens is 1. The van der Waals surface area contributed by atoms with Crippen LogP contribution >= 0.6 is 0 Å². The van der Waals surface area contributed by atoms with Crippen molar-refractivity contribution in [3.63, 3.8) is 0 Å². The number of allylic oxidation sites excluding steroid dienone is 5. The number of rotatable bonds is 5. The Labute approximate surface area is 225 Å². The fourth-order valence-corrected chi connectivity index (χ4v) is 11.3. The molecule has 2 aliphatic rings. The Kier molecular flexibility index (Phi) is 7.82. The molecule has 168 valence electrons. The number of nitrogens with zero attached hydrogens (tertiary/aromatic N) is 1. The predicted octanol–water partition coefficient (Wildman–Crippen LogP) is 1.55. The van der Waals surface area contributed by atoms with Crippen LogP contribution in [0.3, 0.4) is 0 Å². The zero-order chi connectivity index (χ0) is 21.5. The van der Waals surface area contributed by atoms with E-state index in [-0.39, 0.29) is 24.8 Å². The molecule has 0 aliphatic heterocycles. The number of hydrogen-bond acceptors (Lipinski definition) is 0. The summed E-state index contributed by atoms with van der Waals surface area (Å²) in [4.78, 5) is 0. The van der Waals surface area contributed by atoms with E-state index in [4.69, 9.17) is 0 Å². The third-order valence-electron chi connectivity index (χ3n) is 6.64. The molecule has 0 saturated heterocycles. The van der Waals surface area contributed by atoms with Gasteiger partial charge in [0.15, 0.2) is 0 Å². The van der Waals surface area contributed by atoms with Crippen molar-refractivity contribution in [2.24, 2.45) is 0 Å². The van der Waals surface area contributed by atoms with Crippen molar-refractivity contribution >= 4 is 22.7 Å². The smallest absolute Gasteiger partial charge is 1.00 e. The van der Waals surface area contributed by atoms with Gasteiger partial charge in [-0.1, -0.05) is 0 Å². The van der Waals surface area contributed by atoms with Gasteiger partial charge < -0.3 is 24.8 Å². The van der Waals surface area contributed by atoms with Crippen LogP contribution in [-0.4, -0.2) is 4.57 Å². The number of benzene rings is 3. The molecule has 1 atom stereocenters. The molecule has 0 amide bonds. The molecule has 0 radical (unpaired) electrons. The van der Waals surface area contributed by atoms with Gasteiger partial charge in [-0.3, -0.25) is 0 Å². The first-order chi connectivity index (χ1) is 15.8. The summed E-state index contributed by atoms with van der Waals surface area (Å²) in [5.41, 5.74) is 10.1. The van der Waals surface area contributed by atoms with Crippen molar-refractivity contribution in [1.82, 2.24) is 4.57 Å². The minimum absolute atomic E-state index is 0. The van der Waals surface area contributed by atoms with Crippen LogP contribution in [0.1, 0.15) is 32.5 Å². The van der Waals surface area contributed by atoms with Crippen molar-refractivity contribution in [2.45, 2.75) is 23.4 Å². The minimum atomic E-state index is -1.17. The number of aryl methyl sites for hydroxylation is 1. The van der Waals surface area contributed by atoms with E-state index in [2.05, 4.69) is 115 Å². The van der Waals surface area contributed by atoms with Gasteiger partial charge in [-0.15, -0.1) is 0 Å². The van der Waals surface area contributed by atoms with Gasteiger partial charge in [-0.2, -0.15) is 0 Å². The van der Waals surface area contributed by atoms with Crippen molar-refractivity contribution in [1.29, 1.82) is 0 Å². The van der Waals surface area contributed by atoms with Gasteiger partial charge >= 0.3 is 202 Å². The molecule has 0 N–H and O–H groups in total. The molecular weight excluding hydrogens is 624 g/mol. The van der Waals surface area contributed by atoms with Crippen molar-refractivity contribution < 1.29 is 47.7 Å². The first kappa shape index (κ1) is 25.0. The number of para-hydroxylation sites is 1. The molecular formula is C30H25Cl2HfN. The average molecular weight is 649 g/mol. The second-order valence-electron chi connectivity index (χ2n) is 8.73. The van der Waals surface area contributed by atoms with Crippen LogP contribution in [0.25, 0.3) is 22.7 Å². The van der Waals surface area contributed by atoms with Gasteiger partial charge in [0.25, 0.3) is 0 Å². The Hall–Kier alpha value is -2.13. The average Bonchev–Trinajstić information content (AvgIpc) is 3.50. The van der Waals surface area contributed by atoms with Crippen LogP contribution in [-0.2, 0) is 29.3 Å². The molecule has 3 aromatic carbocycles. The summed E-state index contributed by atoms with van der Waals surface area (Å²) in [6.45, 7) is 2.26. The van der Waals surface area contributed by atoms with Crippen LogP contribution < -0.4 is 24.8 Å². The van der Waals surface area contributed by atoms with Crippen LogP contribution in [0.15, 0.2) is 106 Å². The Balaban J connectivity index is 0.00000137. The van der Waals surface area contributed by atoms with Gasteiger partial charge in [0.2, 0.25) is 0 Å². The summed E-state index contributed by atoms with van der Waals surface area (Å²) in [6, 6.07) is 31.2. The van der Waals surface area contributed by atoms with Crippen LogP contribution in [0, 0.1) is 6.92 Å². The second-order valence-corrected chi connectivity index (χ2v) is 14.0. The molecule has 1 nitrogen and oxygen atoms in total. The molecule has 0 saturated carbocycles. The third kappa shape index (κ3) is 4.56. The second kappa shape index (κ2) is 10.6. The maximum Gasteiger partial charge on any atom is -1.00 e. The molecule has 1 unspecified atom stereocenters. The summed E-state index contributed by atoms with van der Waals surface area (Å²) in [7, 11) is 0. The summed E-state index contributed by atoms with van der Waals surface area (Å²) in [6.07, 6.45) is 9.48. The Morgan fingerprint density at radius 1 is 0.882 bits per heavy atom. The van der Waals surface area contributed by atoms with E-state index < -0.39 is 22.9 Å². The van der Waals surface area contributed by atoms with E-state index in [1.165, 1.54) is 33.4 Å². The van der Waals surface area contributed by atoms with E-state index in [0.717, 1.165) is 12.8 Å². The zero-order valence-corrected chi connectivity index (χ0v) is 24.1. The van der Waals surface area contributed by atoms with Crippen molar-refractivity contribution in [3.05, 3.63) is 128 Å². The molecule has 6 rings (SSSR count). The molecule has 34 heavy (non-hydrogen) atoms. The maximum atomic E-state index is 2.53. The van der Waals surface area contributed by atoms with Gasteiger partial charge in [-0.25, -0.2) is 0 Å². The standard InChI is InChI=1S/C18H14N.C12H11.2ClH.Hf/c1-13-10-16-8-4-5-9-18(16)19(13)17-11-14-6-2-3-7-15(14)12-17;1-2-6-11(7-3-1)10-12-8-4-5-9-12;;;/h2-12H,1H3;1-4,6-8H,5,10H2;2*1H;/q;;;;+2/p-2. The molecule has 0 fully saturated rings. The van der Waals surface area contributed by atoms with E-state index in [1.807, 2.05) is 0 Å². The topological polar surface area (TPSA) is 4.93 Å². The molecule has 4 heteroatoms. The molecule has 0 bridgehead atoms. The fraction of sp³-hybridized carbons (Fsp3) is 0.133. The third-order valence-corrected chi connectivity index (χ3v) is 13.0. The first-order valence-electron chi connectivity index (χ1n) is 11.3. The summed E-state index contributed by atoms with van der Waals surface area (Å²) < 4.78 is 4.88. The monoisotopic (exact) mass is 649 g/mol. The maximum absolute atomic E-state index is 2.53. The summed E-state index contributed by atoms with van der Waals surface area (Å²) >= 11 is -1.17. The van der Waals surface area contributed by atoms with Gasteiger partial charge in [-0.05, 0) is 0 Å². The minimum Gasteiger partial charge on any atom is -1.00 e. The number of fused-ring (bicyclic) bond motifs is 2. The van der Waals surface area contributed by atoms with E-state index in [1.54, 1.807) is 14.5 Å². The Morgan fingerprint density at radius 2 is 1.62 bits per heavy atom. The molecule has 0 spiro atoms. The van der Waals surface area contributed by atoms with Crippen LogP contribution in [0.4, 0.5) is 0 Å². The quantitative estimate of drug-likeness (QED) is 0.290. The van der Waals surface area contributed by atoms with Crippen LogP contribution in [0.5, 0.6) is 0 Å². The fourth-order valence-electron chi connectivity index (χ4n) is 5.15. The van der Waals surface area contributed by atoms with Crippen LogP contribution in [0.2, 0.25) is 0 Å². The Morgan fingerprint density at radius 3 is 2.47 bits per heavy atom. The predicted molar refractivity (Wildman–Crippen MR) is 131 cm³/mol. The largest absolute Gasteiger partial charge is 1.00 e. The van der Waals surface area contributed by atoms with Gasteiger partial charge in [0, 0.05) is 0 Å². The molecule has 1 aromatic heterocycles. The molecule has 1 heterocycles. The van der Waals surface area contributed by atoms with Gasteiger partial charge in [0.1, 0.15) is 0 Å². The Bertz CT molecular complexity index is 1410. The molecule has 4 aromatic rings. The van der Waals surface area contributed by atoms with Crippen molar-refractivity contribution in [2.75, 3.05) is 0 Å². The van der Waals surface area contributed by atoms with Crippen molar-refractivity contribution in [3.8, 4) is 0 Å². The zero-order valence-electron chi connectivity index (χ0n) is 19.0. The SMILES string of the molecule is Cc1cc2ccccc2n1C1=Cc2ccccc2[CH]1[Hf+2][C]1=C(Cc2ccccc2)C=CC1.[Cl-].[Cl-]. The normalized spacial score (nSPS) is 16.0. The first-order valence-corrected chi connectivity index (χ1v) is 15.2. The van der Waals surface area contributed by atoms with E-state index in [9.17, 15) is 0 Å². The van der Waals surface area contributed by atoms with Gasteiger partial charge in [0.05, 0.1) is 0 Å². The summed E-state index contributed by atoms with van der Waals surface area (Å²) in [5.74, 6) is 0. The van der Waals surface area contributed by atoms with E-state index >= 15 is 0 Å². The summed E-state index contributed by atoms with van der Waals surface area (Å²) in [5, 5.41) is 1.33. The van der Waals surface area contributed by atoms with E-state index in [0.29, 0.717) is 3.67 Å². The number of hydrogen-bond donors (Lipinski definition) is 0.